The lowest BCUT2D eigenvalue weighted by Crippen LogP contribution is -2.24. The van der Waals surface area contributed by atoms with Crippen LogP contribution >= 0.6 is 11.9 Å². The normalized spacial score (nSPS) is 14.8. The van der Waals surface area contributed by atoms with Crippen LogP contribution < -0.4 is 14.8 Å². The van der Waals surface area contributed by atoms with Crippen LogP contribution in [0.4, 0.5) is 10.5 Å². The number of aryl methyl sites for hydroxylation is 2. The number of hydrogen-bond acceptors (Lipinski definition) is 3. The maximum atomic E-state index is 12.5. The summed E-state index contributed by atoms with van der Waals surface area (Å²) in [4.78, 5) is 13.4. The first kappa shape index (κ1) is 16.3. The van der Waals surface area contributed by atoms with Gasteiger partial charge in [-0.1, -0.05) is 18.2 Å². The highest BCUT2D eigenvalue weighted by Crippen LogP contribution is 2.38. The maximum absolute atomic E-state index is 12.5. The number of anilines is 1. The van der Waals surface area contributed by atoms with E-state index in [1.807, 2.05) is 24.3 Å². The lowest BCUT2D eigenvalue weighted by atomic mass is 9.99. The Morgan fingerprint density at radius 1 is 1.04 bits per heavy atom. The van der Waals surface area contributed by atoms with Crippen LogP contribution in [0.3, 0.4) is 0 Å². The summed E-state index contributed by atoms with van der Waals surface area (Å²) >= 11 is 1.28. The molecule has 2 aliphatic carbocycles. The zero-order valence-electron chi connectivity index (χ0n) is 14.4. The number of urea groups is 1. The van der Waals surface area contributed by atoms with E-state index in [0.29, 0.717) is 0 Å². The fraction of sp³-hybridized carbons (Fsp3) is 0.350. The molecular formula is C20H22N2O2S. The third-order valence-corrected chi connectivity index (χ3v) is 5.88. The Morgan fingerprint density at radius 3 is 2.40 bits per heavy atom. The SMILES string of the molecule is COc1ccccc1SNC(=O)Nc1c2c(cc3c1CCC3)CCC2. The molecule has 4 nitrogen and oxygen atoms in total. The van der Waals surface area contributed by atoms with Crippen molar-refractivity contribution < 1.29 is 9.53 Å². The Labute approximate surface area is 152 Å². The summed E-state index contributed by atoms with van der Waals surface area (Å²) in [7, 11) is 1.63. The van der Waals surface area contributed by atoms with E-state index in [-0.39, 0.29) is 6.03 Å². The Bertz CT molecular complexity index is 787. The van der Waals surface area contributed by atoms with Crippen LogP contribution in [-0.2, 0) is 25.7 Å². The summed E-state index contributed by atoms with van der Waals surface area (Å²) in [5.74, 6) is 0.759. The minimum atomic E-state index is -0.176. The van der Waals surface area contributed by atoms with Gasteiger partial charge in [-0.25, -0.2) is 4.79 Å². The molecule has 0 unspecified atom stereocenters. The van der Waals surface area contributed by atoms with Crippen molar-refractivity contribution >= 4 is 23.7 Å². The van der Waals surface area contributed by atoms with Gasteiger partial charge in [0.15, 0.2) is 0 Å². The van der Waals surface area contributed by atoms with E-state index >= 15 is 0 Å². The number of rotatable bonds is 4. The van der Waals surface area contributed by atoms with Crippen LogP contribution in [0.2, 0.25) is 0 Å². The number of fused-ring (bicyclic) bond motifs is 2. The van der Waals surface area contributed by atoms with E-state index in [9.17, 15) is 4.79 Å². The van der Waals surface area contributed by atoms with E-state index < -0.39 is 0 Å². The Morgan fingerprint density at radius 2 is 1.72 bits per heavy atom. The van der Waals surface area contributed by atoms with Crippen molar-refractivity contribution in [2.24, 2.45) is 0 Å². The third-order valence-electron chi connectivity index (χ3n) is 5.03. The van der Waals surface area contributed by atoms with Crippen molar-refractivity contribution in [1.82, 2.24) is 4.72 Å². The molecule has 0 radical (unpaired) electrons. The molecule has 5 heteroatoms. The number of ether oxygens (including phenoxy) is 1. The first-order valence-corrected chi connectivity index (χ1v) is 9.61. The van der Waals surface area contributed by atoms with Crippen LogP contribution in [0.5, 0.6) is 5.75 Å². The molecule has 0 aliphatic heterocycles. The zero-order valence-corrected chi connectivity index (χ0v) is 15.2. The van der Waals surface area contributed by atoms with Crippen LogP contribution in [0.15, 0.2) is 35.2 Å². The smallest absolute Gasteiger partial charge is 0.329 e. The van der Waals surface area contributed by atoms with E-state index in [1.165, 1.54) is 47.0 Å². The summed E-state index contributed by atoms with van der Waals surface area (Å²) in [6.07, 6.45) is 6.77. The molecule has 130 valence electrons. The lowest BCUT2D eigenvalue weighted by Gasteiger charge is -2.16. The minimum Gasteiger partial charge on any atom is -0.496 e. The van der Waals surface area contributed by atoms with Crippen molar-refractivity contribution in [3.05, 3.63) is 52.6 Å². The lowest BCUT2D eigenvalue weighted by molar-refractivity contribution is 0.257. The van der Waals surface area contributed by atoms with E-state index in [2.05, 4.69) is 16.1 Å². The van der Waals surface area contributed by atoms with Crippen molar-refractivity contribution in [3.63, 3.8) is 0 Å². The average Bonchev–Trinajstić information content (AvgIpc) is 3.29. The summed E-state index contributed by atoms with van der Waals surface area (Å²) in [5, 5.41) is 3.14. The van der Waals surface area contributed by atoms with Gasteiger partial charge >= 0.3 is 6.03 Å². The number of benzene rings is 2. The molecule has 2 aromatic rings. The van der Waals surface area contributed by atoms with Crippen LogP contribution in [0.25, 0.3) is 0 Å². The average molecular weight is 354 g/mol. The first-order chi connectivity index (χ1) is 12.3. The van der Waals surface area contributed by atoms with E-state index in [4.69, 9.17) is 4.74 Å². The number of carbonyl (C=O) groups is 1. The van der Waals surface area contributed by atoms with Gasteiger partial charge in [0.05, 0.1) is 12.0 Å². The monoisotopic (exact) mass is 354 g/mol. The third kappa shape index (κ3) is 3.21. The highest BCUT2D eigenvalue weighted by molar-refractivity contribution is 7.98. The van der Waals surface area contributed by atoms with Gasteiger partial charge in [0.2, 0.25) is 0 Å². The molecule has 2 aliphatic rings. The number of nitrogens with one attached hydrogen (secondary N) is 2. The Kier molecular flexibility index (Phi) is 4.57. The molecule has 2 amide bonds. The van der Waals surface area contributed by atoms with Gasteiger partial charge in [0.1, 0.15) is 5.75 Å². The zero-order chi connectivity index (χ0) is 17.2. The number of hydrogen-bond donors (Lipinski definition) is 2. The molecule has 0 bridgehead atoms. The van der Waals surface area contributed by atoms with Crippen LogP contribution in [-0.4, -0.2) is 13.1 Å². The standard InChI is InChI=1S/C20H22N2O2S/c1-24-17-10-2-3-11-18(17)25-22-20(23)21-19-15-8-4-6-13(15)12-14-7-5-9-16(14)19/h2-3,10-12H,4-9H2,1H3,(H2,21,22,23). The molecule has 0 spiro atoms. The van der Waals surface area contributed by atoms with Crippen LogP contribution in [0, 0.1) is 0 Å². The van der Waals surface area contributed by atoms with Crippen LogP contribution in [0.1, 0.15) is 35.1 Å². The van der Waals surface area contributed by atoms with Gasteiger partial charge in [-0.2, -0.15) is 0 Å². The molecule has 25 heavy (non-hydrogen) atoms. The molecule has 0 atom stereocenters. The molecule has 0 heterocycles. The summed E-state index contributed by atoms with van der Waals surface area (Å²) < 4.78 is 8.22. The minimum absolute atomic E-state index is 0.176. The number of amides is 2. The molecule has 0 saturated heterocycles. The number of methoxy groups -OCH3 is 1. The topological polar surface area (TPSA) is 50.4 Å². The van der Waals surface area contributed by atoms with Crippen molar-refractivity contribution in [1.29, 1.82) is 0 Å². The van der Waals surface area contributed by atoms with E-state index in [1.54, 1.807) is 7.11 Å². The summed E-state index contributed by atoms with van der Waals surface area (Å²) in [6.45, 7) is 0. The number of para-hydroxylation sites is 1. The van der Waals surface area contributed by atoms with Crippen molar-refractivity contribution in [2.45, 2.75) is 43.4 Å². The molecule has 2 aromatic carbocycles. The van der Waals surface area contributed by atoms with Gasteiger partial charge in [-0.05, 0) is 84.9 Å². The van der Waals surface area contributed by atoms with Gasteiger partial charge in [0, 0.05) is 5.69 Å². The highest BCUT2D eigenvalue weighted by atomic mass is 32.2. The van der Waals surface area contributed by atoms with Crippen molar-refractivity contribution in [3.8, 4) is 5.75 Å². The van der Waals surface area contributed by atoms with Gasteiger partial charge in [-0.15, -0.1) is 0 Å². The Hall–Kier alpha value is -2.14. The summed E-state index contributed by atoms with van der Waals surface area (Å²) in [6, 6.07) is 9.86. The quantitative estimate of drug-likeness (QED) is 0.795. The predicted molar refractivity (Wildman–Crippen MR) is 101 cm³/mol. The second-order valence-corrected chi connectivity index (χ2v) is 7.39. The summed E-state index contributed by atoms with van der Waals surface area (Å²) in [5.41, 5.74) is 6.61. The second kappa shape index (κ2) is 7.00. The maximum Gasteiger partial charge on any atom is 0.329 e. The largest absolute Gasteiger partial charge is 0.496 e. The molecule has 0 fully saturated rings. The van der Waals surface area contributed by atoms with Gasteiger partial charge in [0.25, 0.3) is 0 Å². The fourth-order valence-corrected chi connectivity index (χ4v) is 4.56. The molecule has 0 aromatic heterocycles. The predicted octanol–water partition coefficient (Wildman–Crippen LogP) is 4.50. The molecule has 0 saturated carbocycles. The second-order valence-electron chi connectivity index (χ2n) is 6.54. The molecule has 2 N–H and O–H groups in total. The van der Waals surface area contributed by atoms with Gasteiger partial charge in [-0.3, -0.25) is 4.72 Å². The van der Waals surface area contributed by atoms with Gasteiger partial charge < -0.3 is 10.1 Å². The van der Waals surface area contributed by atoms with Crippen molar-refractivity contribution in [2.75, 3.05) is 12.4 Å². The highest BCUT2D eigenvalue weighted by Gasteiger charge is 2.25. The first-order valence-electron chi connectivity index (χ1n) is 8.79. The molecule has 4 rings (SSSR count). The number of carbonyl (C=O) groups excluding carboxylic acids is 1. The van der Waals surface area contributed by atoms with E-state index in [0.717, 1.165) is 42.0 Å². The fourth-order valence-electron chi connectivity index (χ4n) is 3.91. The Balaban J connectivity index is 1.50. The molecular weight excluding hydrogens is 332 g/mol.